The minimum atomic E-state index is -0.921. The number of esters is 1. The molecule has 10 nitrogen and oxygen atoms in total. The first-order valence-electron chi connectivity index (χ1n) is 9.62. The number of carbonyl (C=O) groups is 2. The number of ketones is 1. The predicted octanol–water partition coefficient (Wildman–Crippen LogP) is 1.46. The summed E-state index contributed by atoms with van der Waals surface area (Å²) in [7, 11) is 2.56. The summed E-state index contributed by atoms with van der Waals surface area (Å²) < 4.78 is 12.0. The van der Waals surface area contributed by atoms with E-state index in [2.05, 4.69) is 0 Å². The van der Waals surface area contributed by atoms with Crippen LogP contribution in [0.15, 0.2) is 52.1 Å². The predicted molar refractivity (Wildman–Crippen MR) is 123 cm³/mol. The molecule has 3 rings (SSSR count). The van der Waals surface area contributed by atoms with E-state index in [0.29, 0.717) is 0 Å². The molecule has 0 unspecified atom stereocenters. The van der Waals surface area contributed by atoms with E-state index in [1.54, 1.807) is 24.3 Å². The van der Waals surface area contributed by atoms with Crippen molar-refractivity contribution in [3.05, 3.63) is 85.0 Å². The van der Waals surface area contributed by atoms with Gasteiger partial charge in [0.15, 0.2) is 6.61 Å². The number of halogens is 1. The zero-order valence-corrected chi connectivity index (χ0v) is 18.6. The van der Waals surface area contributed by atoms with E-state index in [-0.39, 0.29) is 34.4 Å². The molecule has 0 aliphatic rings. The number of nitrogen functional groups attached to an aromatic ring is 2. The number of Topliss-reactive ketones (excluding diaryl/α,β-unsaturated/α-hetero) is 1. The third-order valence-corrected chi connectivity index (χ3v) is 5.25. The molecule has 0 aliphatic carbocycles. The summed E-state index contributed by atoms with van der Waals surface area (Å²) in [5.74, 6) is -2.01. The van der Waals surface area contributed by atoms with Crippen molar-refractivity contribution < 1.29 is 19.1 Å². The molecule has 0 atom stereocenters. The van der Waals surface area contributed by atoms with Gasteiger partial charge in [-0.05, 0) is 11.6 Å². The molecular formula is C22H21ClN4O6. The Labute approximate surface area is 192 Å². The Balaban J connectivity index is 1.90. The second-order valence-corrected chi connectivity index (χ2v) is 7.46. The minimum absolute atomic E-state index is 0.0425. The summed E-state index contributed by atoms with van der Waals surface area (Å²) in [5, 5.41) is 0.0974. The molecule has 11 heteroatoms. The molecule has 0 bridgehead atoms. The van der Waals surface area contributed by atoms with Crippen molar-refractivity contribution in [3.8, 4) is 5.75 Å². The van der Waals surface area contributed by atoms with Gasteiger partial charge in [-0.15, -0.1) is 0 Å². The molecule has 3 aromatic rings. The average Bonchev–Trinajstić information content (AvgIpc) is 2.81. The van der Waals surface area contributed by atoms with Crippen molar-refractivity contribution in [3.63, 3.8) is 0 Å². The average molecular weight is 473 g/mol. The molecule has 1 aromatic heterocycles. The number of ether oxygens (including phenoxy) is 2. The third kappa shape index (κ3) is 4.75. The fourth-order valence-corrected chi connectivity index (χ4v) is 3.31. The summed E-state index contributed by atoms with van der Waals surface area (Å²) in [6, 6.07) is 11.5. The first kappa shape index (κ1) is 23.6. The van der Waals surface area contributed by atoms with E-state index in [4.69, 9.17) is 32.5 Å². The molecule has 0 saturated carbocycles. The number of aromatic nitrogens is 2. The fourth-order valence-electron chi connectivity index (χ4n) is 3.14. The number of rotatable bonds is 7. The van der Waals surface area contributed by atoms with Crippen LogP contribution in [0.25, 0.3) is 0 Å². The first-order chi connectivity index (χ1) is 15.6. The van der Waals surface area contributed by atoms with Crippen LogP contribution in [0.4, 0.5) is 11.5 Å². The number of hydrogen-bond acceptors (Lipinski definition) is 8. The van der Waals surface area contributed by atoms with Gasteiger partial charge in [-0.3, -0.25) is 18.7 Å². The fraction of sp³-hybridized carbons (Fsp3) is 0.182. The Kier molecular flexibility index (Phi) is 6.88. The second-order valence-electron chi connectivity index (χ2n) is 7.05. The molecule has 0 amide bonds. The van der Waals surface area contributed by atoms with Crippen LogP contribution < -0.4 is 27.5 Å². The number of anilines is 2. The molecule has 0 aliphatic heterocycles. The van der Waals surface area contributed by atoms with E-state index in [9.17, 15) is 19.2 Å². The number of nitrogens with zero attached hydrogens (tertiary/aromatic N) is 2. The summed E-state index contributed by atoms with van der Waals surface area (Å²) in [6.07, 6.45) is 0. The highest BCUT2D eigenvalue weighted by molar-refractivity contribution is 6.33. The van der Waals surface area contributed by atoms with Gasteiger partial charge in [0.1, 0.15) is 22.7 Å². The molecule has 0 spiro atoms. The molecular weight excluding hydrogens is 452 g/mol. The largest absolute Gasteiger partial charge is 0.496 e. The highest BCUT2D eigenvalue weighted by atomic mass is 35.5. The quantitative estimate of drug-likeness (QED) is 0.298. The molecule has 0 fully saturated rings. The number of hydrogen-bond donors (Lipinski definition) is 2. The SMILES string of the molecule is COc1cc(N)c(Cl)cc1C(=O)OCC(=O)c1c(N)n(Cc2ccccc2)c(=O)n(C)c1=O. The van der Waals surface area contributed by atoms with E-state index >= 15 is 0 Å². The lowest BCUT2D eigenvalue weighted by Gasteiger charge is -2.15. The molecule has 4 N–H and O–H groups in total. The normalized spacial score (nSPS) is 10.6. The number of nitrogens with two attached hydrogens (primary N) is 2. The molecule has 2 aromatic carbocycles. The van der Waals surface area contributed by atoms with Gasteiger partial charge >= 0.3 is 11.7 Å². The monoisotopic (exact) mass is 472 g/mol. The van der Waals surface area contributed by atoms with E-state index < -0.39 is 35.2 Å². The van der Waals surface area contributed by atoms with E-state index in [0.717, 1.165) is 14.7 Å². The van der Waals surface area contributed by atoms with Gasteiger partial charge in [-0.2, -0.15) is 0 Å². The van der Waals surface area contributed by atoms with Crippen LogP contribution in [0.3, 0.4) is 0 Å². The number of benzene rings is 2. The lowest BCUT2D eigenvalue weighted by Crippen LogP contribution is -2.43. The Morgan fingerprint density at radius 2 is 1.76 bits per heavy atom. The number of methoxy groups -OCH3 is 1. The Bertz CT molecular complexity index is 1350. The van der Waals surface area contributed by atoms with Gasteiger partial charge in [0.25, 0.3) is 5.56 Å². The zero-order valence-electron chi connectivity index (χ0n) is 17.8. The van der Waals surface area contributed by atoms with Crippen molar-refractivity contribution >= 4 is 34.9 Å². The van der Waals surface area contributed by atoms with Gasteiger partial charge in [-0.25, -0.2) is 9.59 Å². The second kappa shape index (κ2) is 9.61. The van der Waals surface area contributed by atoms with Crippen molar-refractivity contribution in [1.29, 1.82) is 0 Å². The Morgan fingerprint density at radius 1 is 1.09 bits per heavy atom. The first-order valence-corrected chi connectivity index (χ1v) is 10.00. The van der Waals surface area contributed by atoms with Gasteiger partial charge in [0, 0.05) is 13.1 Å². The Morgan fingerprint density at radius 3 is 2.39 bits per heavy atom. The van der Waals surface area contributed by atoms with Crippen molar-refractivity contribution in [1.82, 2.24) is 9.13 Å². The van der Waals surface area contributed by atoms with Crippen LogP contribution in [0.1, 0.15) is 26.3 Å². The smallest absolute Gasteiger partial charge is 0.342 e. The van der Waals surface area contributed by atoms with Crippen LogP contribution in [0.2, 0.25) is 5.02 Å². The van der Waals surface area contributed by atoms with Crippen LogP contribution in [0.5, 0.6) is 5.75 Å². The third-order valence-electron chi connectivity index (χ3n) is 4.92. The van der Waals surface area contributed by atoms with Crippen LogP contribution in [0, 0.1) is 0 Å². The lowest BCUT2D eigenvalue weighted by atomic mass is 10.1. The summed E-state index contributed by atoms with van der Waals surface area (Å²) in [5.41, 5.74) is 10.6. The molecule has 172 valence electrons. The summed E-state index contributed by atoms with van der Waals surface area (Å²) >= 11 is 5.95. The maximum Gasteiger partial charge on any atom is 0.342 e. The zero-order chi connectivity index (χ0) is 24.3. The summed E-state index contributed by atoms with van der Waals surface area (Å²) in [6.45, 7) is -0.756. The standard InChI is InChI=1S/C22H21ClN4O6/c1-26-20(29)18(19(25)27(22(26)31)10-12-6-4-3-5-7-12)16(28)11-33-21(30)13-8-14(23)15(24)9-17(13)32-2/h3-9H,10-11,24-25H2,1-2H3. The molecule has 0 saturated heterocycles. The van der Waals surface area contributed by atoms with Crippen molar-refractivity contribution in [2.45, 2.75) is 6.54 Å². The van der Waals surface area contributed by atoms with Crippen molar-refractivity contribution in [2.24, 2.45) is 7.05 Å². The molecule has 0 radical (unpaired) electrons. The van der Waals surface area contributed by atoms with Crippen molar-refractivity contribution in [2.75, 3.05) is 25.2 Å². The molecule has 33 heavy (non-hydrogen) atoms. The minimum Gasteiger partial charge on any atom is -0.496 e. The summed E-state index contributed by atoms with van der Waals surface area (Å²) in [4.78, 5) is 50.5. The van der Waals surface area contributed by atoms with Gasteiger partial charge in [0.2, 0.25) is 5.78 Å². The highest BCUT2D eigenvalue weighted by Gasteiger charge is 2.24. The van der Waals surface area contributed by atoms with Crippen LogP contribution in [-0.2, 0) is 18.3 Å². The maximum atomic E-state index is 12.8. The molecule has 1 heterocycles. The van der Waals surface area contributed by atoms with Gasteiger partial charge in [0.05, 0.1) is 24.4 Å². The van der Waals surface area contributed by atoms with Gasteiger partial charge < -0.3 is 20.9 Å². The maximum absolute atomic E-state index is 12.8. The number of carbonyl (C=O) groups excluding carboxylic acids is 2. The lowest BCUT2D eigenvalue weighted by molar-refractivity contribution is 0.0471. The van der Waals surface area contributed by atoms with Crippen LogP contribution >= 0.6 is 11.6 Å². The van der Waals surface area contributed by atoms with E-state index in [1.165, 1.54) is 26.3 Å². The topological polar surface area (TPSA) is 149 Å². The highest BCUT2D eigenvalue weighted by Crippen LogP contribution is 2.29. The van der Waals surface area contributed by atoms with Gasteiger partial charge in [-0.1, -0.05) is 41.9 Å². The Hall–Kier alpha value is -4.05. The van der Waals surface area contributed by atoms with E-state index in [1.807, 2.05) is 6.07 Å². The van der Waals surface area contributed by atoms with Crippen LogP contribution in [-0.4, -0.2) is 34.6 Å².